The van der Waals surface area contributed by atoms with E-state index in [1.165, 1.54) is 0 Å². The second-order valence-corrected chi connectivity index (χ2v) is 3.14. The Bertz CT molecular complexity index is 282. The van der Waals surface area contributed by atoms with Crippen molar-refractivity contribution < 1.29 is 14.6 Å². The topological polar surface area (TPSA) is 56.5 Å². The fourth-order valence-corrected chi connectivity index (χ4v) is 1.29. The number of aryl methyl sites for hydroxylation is 1. The number of ether oxygens (including phenoxy) is 2. The molecule has 0 aromatic carbocycles. The van der Waals surface area contributed by atoms with E-state index in [1.807, 2.05) is 13.8 Å². The molecule has 0 aliphatic heterocycles. The van der Waals surface area contributed by atoms with E-state index in [4.69, 9.17) is 9.47 Å². The van der Waals surface area contributed by atoms with Crippen molar-refractivity contribution >= 4 is 0 Å². The summed E-state index contributed by atoms with van der Waals surface area (Å²) in [6, 6.07) is 1.75. The van der Waals surface area contributed by atoms with Crippen LogP contribution in [0.5, 0.6) is 0 Å². The zero-order valence-electron chi connectivity index (χ0n) is 9.38. The second-order valence-electron chi connectivity index (χ2n) is 3.14. The van der Waals surface area contributed by atoms with Crippen LogP contribution in [0.4, 0.5) is 0 Å². The highest BCUT2D eigenvalue weighted by atomic mass is 16.7. The van der Waals surface area contributed by atoms with Crippen molar-refractivity contribution in [3.63, 3.8) is 0 Å². The summed E-state index contributed by atoms with van der Waals surface area (Å²) >= 11 is 0. The average Bonchev–Trinajstić information content (AvgIpc) is 2.63. The Hall–Kier alpha value is -0.910. The van der Waals surface area contributed by atoms with Gasteiger partial charge in [-0.3, -0.25) is 4.68 Å². The van der Waals surface area contributed by atoms with Gasteiger partial charge in [-0.05, 0) is 19.9 Å². The van der Waals surface area contributed by atoms with E-state index in [1.54, 1.807) is 24.0 Å². The van der Waals surface area contributed by atoms with E-state index in [0.29, 0.717) is 18.9 Å². The van der Waals surface area contributed by atoms with Gasteiger partial charge in [0.2, 0.25) is 0 Å². The highest BCUT2D eigenvalue weighted by Gasteiger charge is 2.23. The first-order chi connectivity index (χ1) is 7.19. The molecular formula is C10H18N2O3. The molecule has 0 bridgehead atoms. The summed E-state index contributed by atoms with van der Waals surface area (Å²) in [5.41, 5.74) is 0.560. The molecule has 0 amide bonds. The molecule has 15 heavy (non-hydrogen) atoms. The van der Waals surface area contributed by atoms with Gasteiger partial charge in [-0.25, -0.2) is 0 Å². The molecule has 1 aromatic rings. The number of aromatic nitrogens is 2. The molecule has 0 fully saturated rings. The van der Waals surface area contributed by atoms with E-state index in [-0.39, 0.29) is 0 Å². The Labute approximate surface area is 89.6 Å². The van der Waals surface area contributed by atoms with E-state index in [0.717, 1.165) is 0 Å². The lowest BCUT2D eigenvalue weighted by atomic mass is 10.2. The zero-order chi connectivity index (χ0) is 11.3. The van der Waals surface area contributed by atoms with Crippen molar-refractivity contribution in [1.82, 2.24) is 9.78 Å². The maximum absolute atomic E-state index is 9.93. The molecule has 0 aliphatic rings. The van der Waals surface area contributed by atoms with Crippen LogP contribution < -0.4 is 0 Å². The third-order valence-electron chi connectivity index (χ3n) is 1.96. The molecule has 0 spiro atoms. The quantitative estimate of drug-likeness (QED) is 0.713. The van der Waals surface area contributed by atoms with Gasteiger partial charge in [-0.1, -0.05) is 0 Å². The molecule has 1 atom stereocenters. The van der Waals surface area contributed by atoms with Crippen molar-refractivity contribution in [3.8, 4) is 0 Å². The Morgan fingerprint density at radius 2 is 2.00 bits per heavy atom. The predicted octanol–water partition coefficient (Wildman–Crippen LogP) is 0.853. The minimum absolute atomic E-state index is 0.495. The molecule has 0 saturated carbocycles. The molecule has 5 nitrogen and oxygen atoms in total. The first-order valence-corrected chi connectivity index (χ1v) is 5.09. The fourth-order valence-electron chi connectivity index (χ4n) is 1.29. The van der Waals surface area contributed by atoms with Gasteiger partial charge >= 0.3 is 0 Å². The first kappa shape index (κ1) is 12.2. The lowest BCUT2D eigenvalue weighted by Crippen LogP contribution is -2.26. The van der Waals surface area contributed by atoms with E-state index in [9.17, 15) is 5.11 Å². The normalized spacial score (nSPS) is 13.4. The zero-order valence-corrected chi connectivity index (χ0v) is 9.38. The molecule has 1 aromatic heterocycles. The van der Waals surface area contributed by atoms with Crippen molar-refractivity contribution in [2.24, 2.45) is 7.05 Å². The predicted molar refractivity (Wildman–Crippen MR) is 55.2 cm³/mol. The van der Waals surface area contributed by atoms with Crippen molar-refractivity contribution in [2.75, 3.05) is 13.2 Å². The monoisotopic (exact) mass is 214 g/mol. The lowest BCUT2D eigenvalue weighted by molar-refractivity contribution is -0.192. The number of aliphatic hydroxyl groups excluding tert-OH is 1. The first-order valence-electron chi connectivity index (χ1n) is 5.09. The summed E-state index contributed by atoms with van der Waals surface area (Å²) in [7, 11) is 1.80. The summed E-state index contributed by atoms with van der Waals surface area (Å²) in [5.74, 6) is 0. The largest absolute Gasteiger partial charge is 0.381 e. The molecule has 86 valence electrons. The van der Waals surface area contributed by atoms with Gasteiger partial charge in [0.1, 0.15) is 6.10 Å². The van der Waals surface area contributed by atoms with Gasteiger partial charge in [0.25, 0.3) is 0 Å². The van der Waals surface area contributed by atoms with Crippen molar-refractivity contribution in [2.45, 2.75) is 26.2 Å². The van der Waals surface area contributed by atoms with Gasteiger partial charge in [0, 0.05) is 26.5 Å². The molecular weight excluding hydrogens is 196 g/mol. The highest BCUT2D eigenvalue weighted by Crippen LogP contribution is 2.18. The van der Waals surface area contributed by atoms with Gasteiger partial charge in [-0.2, -0.15) is 5.10 Å². The molecule has 0 aliphatic carbocycles. The molecule has 1 N–H and O–H groups in total. The molecule has 1 rings (SSSR count). The summed E-state index contributed by atoms with van der Waals surface area (Å²) < 4.78 is 12.2. The summed E-state index contributed by atoms with van der Waals surface area (Å²) in [4.78, 5) is 0. The van der Waals surface area contributed by atoms with Crippen LogP contribution in [0.2, 0.25) is 0 Å². The molecule has 1 heterocycles. The minimum Gasteiger partial charge on any atom is -0.381 e. The van der Waals surface area contributed by atoms with Crippen LogP contribution in [0.25, 0.3) is 0 Å². The number of hydrogen-bond donors (Lipinski definition) is 1. The maximum atomic E-state index is 9.93. The Morgan fingerprint density at radius 3 is 2.40 bits per heavy atom. The summed E-state index contributed by atoms with van der Waals surface area (Å²) in [5, 5.41) is 14.0. The van der Waals surface area contributed by atoms with Gasteiger partial charge in [0.15, 0.2) is 6.29 Å². The summed E-state index contributed by atoms with van der Waals surface area (Å²) in [6.45, 7) is 4.71. The number of nitrogens with zero attached hydrogens (tertiary/aromatic N) is 2. The van der Waals surface area contributed by atoms with Crippen LogP contribution in [0.1, 0.15) is 25.6 Å². The van der Waals surface area contributed by atoms with Crippen LogP contribution in [0.15, 0.2) is 12.3 Å². The molecule has 0 saturated heterocycles. The van der Waals surface area contributed by atoms with Crippen LogP contribution in [-0.2, 0) is 16.5 Å². The third kappa shape index (κ3) is 3.30. The molecule has 1 unspecified atom stereocenters. The van der Waals surface area contributed by atoms with E-state index in [2.05, 4.69) is 5.10 Å². The minimum atomic E-state index is -0.842. The van der Waals surface area contributed by atoms with Crippen molar-refractivity contribution in [3.05, 3.63) is 18.0 Å². The fraction of sp³-hybridized carbons (Fsp3) is 0.700. The van der Waals surface area contributed by atoms with Crippen LogP contribution in [0, 0.1) is 0 Å². The summed E-state index contributed by atoms with van der Waals surface area (Å²) in [6.07, 6.45) is 0.286. The SMILES string of the molecule is CCOC(OCC)C(O)c1ccn(C)n1. The van der Waals surface area contributed by atoms with Crippen LogP contribution >= 0.6 is 0 Å². The Morgan fingerprint density at radius 1 is 1.40 bits per heavy atom. The Kier molecular flexibility index (Phi) is 4.74. The van der Waals surface area contributed by atoms with Crippen LogP contribution in [0.3, 0.4) is 0 Å². The van der Waals surface area contributed by atoms with Gasteiger partial charge in [-0.15, -0.1) is 0 Å². The third-order valence-corrected chi connectivity index (χ3v) is 1.96. The van der Waals surface area contributed by atoms with Crippen molar-refractivity contribution in [1.29, 1.82) is 0 Å². The number of aliphatic hydroxyl groups is 1. The van der Waals surface area contributed by atoms with Gasteiger partial charge in [0.05, 0.1) is 5.69 Å². The Balaban J connectivity index is 2.66. The lowest BCUT2D eigenvalue weighted by Gasteiger charge is -2.21. The second kappa shape index (κ2) is 5.85. The maximum Gasteiger partial charge on any atom is 0.189 e. The number of rotatable bonds is 6. The smallest absolute Gasteiger partial charge is 0.189 e. The van der Waals surface area contributed by atoms with E-state index < -0.39 is 12.4 Å². The van der Waals surface area contributed by atoms with E-state index >= 15 is 0 Å². The standard InChI is InChI=1S/C10H18N2O3/c1-4-14-10(15-5-2)9(13)8-6-7-12(3)11-8/h6-7,9-10,13H,4-5H2,1-3H3. The molecule has 0 radical (unpaired) electrons. The number of hydrogen-bond acceptors (Lipinski definition) is 4. The van der Waals surface area contributed by atoms with Crippen LogP contribution in [-0.4, -0.2) is 34.4 Å². The highest BCUT2D eigenvalue weighted by molar-refractivity contribution is 5.03. The molecule has 5 heteroatoms. The van der Waals surface area contributed by atoms with Gasteiger partial charge < -0.3 is 14.6 Å². The average molecular weight is 214 g/mol.